The van der Waals surface area contributed by atoms with E-state index in [9.17, 15) is 9.90 Å². The van der Waals surface area contributed by atoms with Crippen LogP contribution in [0.2, 0.25) is 0 Å². The Balaban J connectivity index is 1.58. The largest absolute Gasteiger partial charge is 0.507 e. The number of anilines is 2. The molecule has 3 aromatic carbocycles. The topological polar surface area (TPSA) is 64.6 Å². The van der Waals surface area contributed by atoms with Crippen LogP contribution in [0.1, 0.15) is 74.5 Å². The van der Waals surface area contributed by atoms with Gasteiger partial charge in [-0.3, -0.25) is 9.69 Å². The lowest BCUT2D eigenvalue weighted by molar-refractivity contribution is 0.0950. The fraction of sp³-hybridized carbons (Fsp3) is 0.387. The smallest absolute Gasteiger partial charge is 0.251 e. The first-order chi connectivity index (χ1) is 17.2. The van der Waals surface area contributed by atoms with Crippen LogP contribution in [0, 0.1) is 0 Å². The van der Waals surface area contributed by atoms with Crippen molar-refractivity contribution in [1.29, 1.82) is 0 Å². The van der Waals surface area contributed by atoms with Gasteiger partial charge in [-0.15, -0.1) is 0 Å². The molecule has 3 aromatic rings. The van der Waals surface area contributed by atoms with Gasteiger partial charge >= 0.3 is 0 Å². The summed E-state index contributed by atoms with van der Waals surface area (Å²) in [6, 6.07) is 21.6. The third-order valence-electron chi connectivity index (χ3n) is 6.30. The molecule has 0 aliphatic heterocycles. The van der Waals surface area contributed by atoms with Gasteiger partial charge in [0.15, 0.2) is 0 Å². The summed E-state index contributed by atoms with van der Waals surface area (Å²) in [5.41, 5.74) is 5.54. The molecule has 3 N–H and O–H groups in total. The van der Waals surface area contributed by atoms with E-state index < -0.39 is 0 Å². The van der Waals surface area contributed by atoms with Crippen molar-refractivity contribution in [2.45, 2.75) is 66.0 Å². The van der Waals surface area contributed by atoms with E-state index in [2.05, 4.69) is 74.4 Å². The van der Waals surface area contributed by atoms with Crippen molar-refractivity contribution in [3.8, 4) is 5.75 Å². The predicted octanol–water partition coefficient (Wildman–Crippen LogP) is 6.99. The van der Waals surface area contributed by atoms with Gasteiger partial charge in [0.25, 0.3) is 5.91 Å². The molecule has 192 valence electrons. The van der Waals surface area contributed by atoms with E-state index in [1.807, 2.05) is 42.5 Å². The molecule has 0 radical (unpaired) electrons. The van der Waals surface area contributed by atoms with Crippen molar-refractivity contribution in [2.75, 3.05) is 18.4 Å². The first-order valence-corrected chi connectivity index (χ1v) is 13.0. The van der Waals surface area contributed by atoms with E-state index in [1.165, 1.54) is 5.56 Å². The highest BCUT2D eigenvalue weighted by Crippen LogP contribution is 2.26. The number of hydrogen-bond donors (Lipinski definition) is 3. The number of phenolic OH excluding ortho intramolecular Hbond substituents is 1. The summed E-state index contributed by atoms with van der Waals surface area (Å²) >= 11 is 0. The summed E-state index contributed by atoms with van der Waals surface area (Å²) in [6.07, 6.45) is 2.16. The lowest BCUT2D eigenvalue weighted by Gasteiger charge is -2.22. The Kier molecular flexibility index (Phi) is 9.54. The molecule has 0 saturated heterocycles. The minimum absolute atomic E-state index is 0.121. The predicted molar refractivity (Wildman–Crippen MR) is 150 cm³/mol. The number of carbonyl (C=O) groups excluding carboxylic acids is 1. The summed E-state index contributed by atoms with van der Waals surface area (Å²) < 4.78 is 0. The molecule has 0 aromatic heterocycles. The number of nitrogens with one attached hydrogen (secondary N) is 2. The molecule has 3 rings (SSSR count). The number of benzene rings is 3. The molecule has 0 fully saturated rings. The molecule has 5 heteroatoms. The fourth-order valence-electron chi connectivity index (χ4n) is 4.26. The fourth-order valence-corrected chi connectivity index (χ4v) is 4.26. The van der Waals surface area contributed by atoms with Gasteiger partial charge in [0.2, 0.25) is 0 Å². The first-order valence-electron chi connectivity index (χ1n) is 13.0. The van der Waals surface area contributed by atoms with Crippen molar-refractivity contribution < 1.29 is 9.90 Å². The first kappa shape index (κ1) is 27.3. The van der Waals surface area contributed by atoms with Crippen LogP contribution in [0.25, 0.3) is 0 Å². The van der Waals surface area contributed by atoms with E-state index in [1.54, 1.807) is 0 Å². The zero-order valence-corrected chi connectivity index (χ0v) is 22.4. The van der Waals surface area contributed by atoms with Crippen LogP contribution in [-0.4, -0.2) is 29.0 Å². The second kappa shape index (κ2) is 12.6. The van der Waals surface area contributed by atoms with E-state index in [4.69, 9.17) is 0 Å². The van der Waals surface area contributed by atoms with Gasteiger partial charge in [0.1, 0.15) is 5.75 Å². The molecule has 0 heterocycles. The summed E-state index contributed by atoms with van der Waals surface area (Å²) in [5, 5.41) is 17.1. The van der Waals surface area contributed by atoms with Gasteiger partial charge in [-0.25, -0.2) is 0 Å². The number of rotatable bonds is 11. The van der Waals surface area contributed by atoms with Crippen molar-refractivity contribution >= 4 is 17.3 Å². The molecule has 0 bridgehead atoms. The normalized spacial score (nSPS) is 11.5. The average molecular weight is 488 g/mol. The van der Waals surface area contributed by atoms with Gasteiger partial charge in [-0.1, -0.05) is 65.0 Å². The van der Waals surface area contributed by atoms with Crippen molar-refractivity contribution in [2.24, 2.45) is 0 Å². The van der Waals surface area contributed by atoms with Gasteiger partial charge in [0, 0.05) is 41.2 Å². The van der Waals surface area contributed by atoms with Crippen molar-refractivity contribution in [3.05, 3.63) is 89.0 Å². The Morgan fingerprint density at radius 1 is 0.833 bits per heavy atom. The second-order valence-electron chi connectivity index (χ2n) is 10.4. The van der Waals surface area contributed by atoms with E-state index in [0.717, 1.165) is 48.4 Å². The maximum atomic E-state index is 12.7. The molecular formula is C31H41N3O2. The number of para-hydroxylation sites is 1. The average Bonchev–Trinajstić information content (AvgIpc) is 2.85. The molecule has 36 heavy (non-hydrogen) atoms. The lowest BCUT2D eigenvalue weighted by Crippen LogP contribution is -2.25. The zero-order chi connectivity index (χ0) is 26.1. The Bertz CT molecular complexity index is 1110. The van der Waals surface area contributed by atoms with Crippen LogP contribution in [0.4, 0.5) is 11.4 Å². The SMILES string of the molecule is CCCN(CCC)Cc1cccc(CNC(=O)c2ccc(Nc3ccc(C(C)(C)C)cc3)cc2)c1O. The summed E-state index contributed by atoms with van der Waals surface area (Å²) in [5.74, 6) is 0.103. The maximum Gasteiger partial charge on any atom is 0.251 e. The van der Waals surface area contributed by atoms with Gasteiger partial charge in [-0.05, 0) is 73.3 Å². The lowest BCUT2D eigenvalue weighted by atomic mass is 9.87. The zero-order valence-electron chi connectivity index (χ0n) is 22.4. The minimum atomic E-state index is -0.167. The highest BCUT2D eigenvalue weighted by Gasteiger charge is 2.14. The number of amides is 1. The van der Waals surface area contributed by atoms with Crippen LogP contribution in [0.5, 0.6) is 5.75 Å². The van der Waals surface area contributed by atoms with Crippen molar-refractivity contribution in [1.82, 2.24) is 10.2 Å². The number of phenols is 1. The van der Waals surface area contributed by atoms with E-state index >= 15 is 0 Å². The number of hydrogen-bond acceptors (Lipinski definition) is 4. The number of nitrogens with zero attached hydrogens (tertiary/aromatic N) is 1. The van der Waals surface area contributed by atoms with Crippen LogP contribution in [0.3, 0.4) is 0 Å². The summed E-state index contributed by atoms with van der Waals surface area (Å²) in [4.78, 5) is 15.1. The minimum Gasteiger partial charge on any atom is -0.507 e. The van der Waals surface area contributed by atoms with Crippen LogP contribution in [0.15, 0.2) is 66.7 Å². The van der Waals surface area contributed by atoms with Gasteiger partial charge < -0.3 is 15.7 Å². The van der Waals surface area contributed by atoms with Crippen LogP contribution < -0.4 is 10.6 Å². The van der Waals surface area contributed by atoms with Crippen molar-refractivity contribution in [3.63, 3.8) is 0 Å². The highest BCUT2D eigenvalue weighted by molar-refractivity contribution is 5.94. The van der Waals surface area contributed by atoms with E-state index in [-0.39, 0.29) is 23.6 Å². The quantitative estimate of drug-likeness (QED) is 0.273. The third-order valence-corrected chi connectivity index (χ3v) is 6.30. The number of carbonyl (C=O) groups is 1. The molecule has 0 spiro atoms. The van der Waals surface area contributed by atoms with Crippen LogP contribution >= 0.6 is 0 Å². The molecule has 1 amide bonds. The molecule has 0 unspecified atom stereocenters. The highest BCUT2D eigenvalue weighted by atomic mass is 16.3. The molecule has 0 saturated carbocycles. The van der Waals surface area contributed by atoms with Gasteiger partial charge in [-0.2, -0.15) is 0 Å². The third kappa shape index (κ3) is 7.59. The molecule has 5 nitrogen and oxygen atoms in total. The summed E-state index contributed by atoms with van der Waals surface area (Å²) in [6.45, 7) is 13.9. The Hall–Kier alpha value is -3.31. The summed E-state index contributed by atoms with van der Waals surface area (Å²) in [7, 11) is 0. The maximum absolute atomic E-state index is 12.7. The van der Waals surface area contributed by atoms with Gasteiger partial charge in [0.05, 0.1) is 0 Å². The van der Waals surface area contributed by atoms with Crippen LogP contribution in [-0.2, 0) is 18.5 Å². The Morgan fingerprint density at radius 2 is 1.39 bits per heavy atom. The van der Waals surface area contributed by atoms with E-state index in [0.29, 0.717) is 12.1 Å². The molecule has 0 aliphatic carbocycles. The molecular weight excluding hydrogens is 446 g/mol. The molecule has 0 atom stereocenters. The standard InChI is InChI=1S/C31H41N3O2/c1-6-19-34(20-7-2)22-25-10-8-9-24(29(25)35)21-32-30(36)23-11-15-27(16-12-23)33-28-17-13-26(14-18-28)31(3,4)5/h8-18,33,35H,6-7,19-22H2,1-5H3,(H,32,36). The Labute approximate surface area is 216 Å². The monoisotopic (exact) mass is 487 g/mol. The Morgan fingerprint density at radius 3 is 1.94 bits per heavy atom. The second-order valence-corrected chi connectivity index (χ2v) is 10.4. The molecule has 0 aliphatic rings. The number of aromatic hydroxyl groups is 1.